The Morgan fingerprint density at radius 1 is 0.318 bits per heavy atom. The van der Waals surface area contributed by atoms with Gasteiger partial charge in [-0.1, -0.05) is 214 Å². The van der Waals surface area contributed by atoms with Crippen molar-refractivity contribution in [2.24, 2.45) is 5.73 Å². The number of nitrogens with two attached hydrogens (primary N) is 1. The van der Waals surface area contributed by atoms with E-state index in [1.807, 2.05) is 11.8 Å². The van der Waals surface area contributed by atoms with Crippen molar-refractivity contribution in [1.29, 1.82) is 0 Å². The van der Waals surface area contributed by atoms with Crippen molar-refractivity contribution in [3.05, 3.63) is 0 Å². The van der Waals surface area contributed by atoms with Gasteiger partial charge in [0.15, 0.2) is 0 Å². The van der Waals surface area contributed by atoms with Crippen LogP contribution in [0.4, 0.5) is 0 Å². The molecule has 0 rings (SSSR count). The molecule has 0 aliphatic carbocycles. The van der Waals surface area contributed by atoms with Crippen molar-refractivity contribution in [1.82, 2.24) is 24.5 Å². The van der Waals surface area contributed by atoms with E-state index in [1.165, 1.54) is 114 Å². The van der Waals surface area contributed by atoms with Gasteiger partial charge in [-0.05, 0) is 32.2 Å². The SMILES string of the molecule is CCCCCCCCCCN(CC(N)=O)C(=O)CN(CCCCCCCCCC)C(=O)CN(CCCCCCCCCC)C(=O)CN(CCCCCCCCCC)C(=O)CN(CC)CCO. The molecule has 0 atom stereocenters. The second-order valence-corrected chi connectivity index (χ2v) is 19.2. The zero-order chi connectivity index (χ0) is 48.9. The van der Waals surface area contributed by atoms with Crippen LogP contribution < -0.4 is 5.73 Å². The van der Waals surface area contributed by atoms with Crippen molar-refractivity contribution in [3.63, 3.8) is 0 Å². The third kappa shape index (κ3) is 36.3. The summed E-state index contributed by atoms with van der Waals surface area (Å²) < 4.78 is 0. The second kappa shape index (κ2) is 46.0. The maximum atomic E-state index is 14.5. The molecule has 0 aliphatic rings. The molecule has 0 heterocycles. The molecule has 0 bridgehead atoms. The van der Waals surface area contributed by atoms with Crippen LogP contribution in [0.3, 0.4) is 0 Å². The van der Waals surface area contributed by atoms with E-state index in [0.717, 1.165) is 96.3 Å². The number of carbonyl (C=O) groups excluding carboxylic acids is 5. The van der Waals surface area contributed by atoms with Gasteiger partial charge in [0.25, 0.3) is 0 Å². The van der Waals surface area contributed by atoms with Gasteiger partial charge in [0.2, 0.25) is 29.5 Å². The summed E-state index contributed by atoms with van der Waals surface area (Å²) in [5, 5.41) is 9.64. The summed E-state index contributed by atoms with van der Waals surface area (Å²) in [4.78, 5) is 77.3. The summed E-state index contributed by atoms with van der Waals surface area (Å²) in [6.45, 7) is 12.9. The van der Waals surface area contributed by atoms with Gasteiger partial charge < -0.3 is 30.4 Å². The number of unbranched alkanes of at least 4 members (excludes halogenated alkanes) is 28. The number of rotatable bonds is 49. The molecule has 388 valence electrons. The molecule has 66 heavy (non-hydrogen) atoms. The number of carbonyl (C=O) groups is 5. The standard InChI is InChI=1S/C54H106N6O6/c1-6-11-15-19-23-27-31-35-39-57(45-50(55)62)52(64)47-59(41-37-33-29-25-21-17-13-8-3)54(66)49-60(42-38-34-30-26-22-18-14-9-4)53(65)48-58(51(63)46-56(10-5)43-44-61)40-36-32-28-24-20-16-12-7-2/h61H,6-49H2,1-5H3,(H2,55,62). The molecule has 0 spiro atoms. The van der Waals surface area contributed by atoms with E-state index in [2.05, 4.69) is 27.7 Å². The first-order valence-corrected chi connectivity index (χ1v) is 27.8. The Kier molecular flexibility index (Phi) is 44.1. The van der Waals surface area contributed by atoms with Crippen LogP contribution in [0.1, 0.15) is 240 Å². The average molecular weight is 935 g/mol. The number of hydrogen-bond acceptors (Lipinski definition) is 7. The Balaban J connectivity index is 6.31. The Morgan fingerprint density at radius 2 is 0.545 bits per heavy atom. The lowest BCUT2D eigenvalue weighted by atomic mass is 10.1. The van der Waals surface area contributed by atoms with Crippen LogP contribution in [-0.2, 0) is 24.0 Å². The van der Waals surface area contributed by atoms with Gasteiger partial charge in [-0.15, -0.1) is 0 Å². The summed E-state index contributed by atoms with van der Waals surface area (Å²) in [5.74, 6) is -1.56. The van der Waals surface area contributed by atoms with Gasteiger partial charge in [0.1, 0.15) is 0 Å². The smallest absolute Gasteiger partial charge is 0.242 e. The molecule has 5 amide bonds. The van der Waals surface area contributed by atoms with Crippen molar-refractivity contribution >= 4 is 29.5 Å². The van der Waals surface area contributed by atoms with Crippen LogP contribution in [0, 0.1) is 0 Å². The number of aliphatic hydroxyl groups is 1. The number of hydrogen-bond donors (Lipinski definition) is 2. The number of amides is 5. The summed E-state index contributed by atoms with van der Waals surface area (Å²) in [6.07, 6.45) is 35.4. The Labute approximate surface area is 406 Å². The maximum absolute atomic E-state index is 14.5. The molecule has 0 aliphatic heterocycles. The van der Waals surface area contributed by atoms with Gasteiger partial charge in [0.05, 0.1) is 39.3 Å². The van der Waals surface area contributed by atoms with Crippen molar-refractivity contribution in [2.45, 2.75) is 240 Å². The van der Waals surface area contributed by atoms with Crippen LogP contribution in [-0.4, -0.2) is 138 Å². The fraction of sp³-hybridized carbons (Fsp3) is 0.907. The van der Waals surface area contributed by atoms with E-state index in [4.69, 9.17) is 5.73 Å². The van der Waals surface area contributed by atoms with Gasteiger partial charge in [-0.3, -0.25) is 28.9 Å². The normalized spacial score (nSPS) is 11.3. The molecule has 0 fully saturated rings. The Bertz CT molecular complexity index is 1190. The molecule has 0 unspecified atom stereocenters. The highest BCUT2D eigenvalue weighted by atomic mass is 16.3. The van der Waals surface area contributed by atoms with E-state index >= 15 is 0 Å². The minimum absolute atomic E-state index is 0.0516. The number of primary amides is 1. The van der Waals surface area contributed by atoms with Crippen molar-refractivity contribution in [3.8, 4) is 0 Å². The number of nitrogens with zero attached hydrogens (tertiary/aromatic N) is 5. The van der Waals surface area contributed by atoms with Gasteiger partial charge in [0, 0.05) is 32.7 Å². The van der Waals surface area contributed by atoms with Gasteiger partial charge in [-0.2, -0.15) is 0 Å². The molecule has 0 radical (unpaired) electrons. The third-order valence-electron chi connectivity index (χ3n) is 13.1. The highest BCUT2D eigenvalue weighted by molar-refractivity contribution is 5.91. The summed E-state index contributed by atoms with van der Waals surface area (Å²) in [5.41, 5.74) is 5.65. The van der Waals surface area contributed by atoms with Gasteiger partial charge >= 0.3 is 0 Å². The van der Waals surface area contributed by atoms with Crippen molar-refractivity contribution < 1.29 is 29.1 Å². The lowest BCUT2D eigenvalue weighted by Crippen LogP contribution is -2.51. The van der Waals surface area contributed by atoms with E-state index in [0.29, 0.717) is 39.3 Å². The molecule has 3 N–H and O–H groups in total. The van der Waals surface area contributed by atoms with Crippen LogP contribution in [0.5, 0.6) is 0 Å². The zero-order valence-corrected chi connectivity index (χ0v) is 43.9. The fourth-order valence-corrected chi connectivity index (χ4v) is 8.67. The fourth-order valence-electron chi connectivity index (χ4n) is 8.67. The van der Waals surface area contributed by atoms with Crippen molar-refractivity contribution in [2.75, 3.05) is 78.6 Å². The van der Waals surface area contributed by atoms with Crippen LogP contribution in [0.2, 0.25) is 0 Å². The first-order valence-electron chi connectivity index (χ1n) is 27.8. The molecular weight excluding hydrogens is 829 g/mol. The van der Waals surface area contributed by atoms with E-state index in [-0.39, 0.29) is 63.0 Å². The van der Waals surface area contributed by atoms with E-state index in [9.17, 15) is 29.1 Å². The first kappa shape index (κ1) is 63.3. The Morgan fingerprint density at radius 3 is 0.773 bits per heavy atom. The molecule has 0 saturated carbocycles. The minimum Gasteiger partial charge on any atom is -0.395 e. The van der Waals surface area contributed by atoms with Crippen LogP contribution >= 0.6 is 0 Å². The van der Waals surface area contributed by atoms with Crippen LogP contribution in [0.25, 0.3) is 0 Å². The zero-order valence-electron chi connectivity index (χ0n) is 43.9. The number of likely N-dealkylation sites (N-methyl/N-ethyl adjacent to an activating group) is 1. The first-order chi connectivity index (χ1) is 32.1. The summed E-state index contributed by atoms with van der Waals surface area (Å²) in [7, 11) is 0. The number of aliphatic hydroxyl groups excluding tert-OH is 1. The van der Waals surface area contributed by atoms with Crippen LogP contribution in [0.15, 0.2) is 0 Å². The largest absolute Gasteiger partial charge is 0.395 e. The summed E-state index contributed by atoms with van der Waals surface area (Å²) in [6, 6.07) is 0. The molecule has 0 saturated heterocycles. The lowest BCUT2D eigenvalue weighted by Gasteiger charge is -2.31. The molecule has 0 aromatic carbocycles. The molecule has 0 aromatic rings. The Hall–Kier alpha value is -2.73. The second-order valence-electron chi connectivity index (χ2n) is 19.2. The molecule has 12 heteroatoms. The maximum Gasteiger partial charge on any atom is 0.242 e. The predicted molar refractivity (Wildman–Crippen MR) is 275 cm³/mol. The summed E-state index contributed by atoms with van der Waals surface area (Å²) >= 11 is 0. The lowest BCUT2D eigenvalue weighted by molar-refractivity contribution is -0.146. The highest BCUT2D eigenvalue weighted by Crippen LogP contribution is 2.15. The monoisotopic (exact) mass is 935 g/mol. The molecule has 12 nitrogen and oxygen atoms in total. The molecule has 0 aromatic heterocycles. The van der Waals surface area contributed by atoms with Gasteiger partial charge in [-0.25, -0.2) is 0 Å². The quantitative estimate of drug-likeness (QED) is 0.0577. The predicted octanol–water partition coefficient (Wildman–Crippen LogP) is 10.7. The highest BCUT2D eigenvalue weighted by Gasteiger charge is 2.27. The minimum atomic E-state index is -0.574. The average Bonchev–Trinajstić information content (AvgIpc) is 3.30. The third-order valence-corrected chi connectivity index (χ3v) is 13.1. The van der Waals surface area contributed by atoms with E-state index in [1.54, 1.807) is 14.7 Å². The molecular formula is C54H106N6O6. The topological polar surface area (TPSA) is 148 Å². The van der Waals surface area contributed by atoms with E-state index < -0.39 is 5.91 Å².